The van der Waals surface area contributed by atoms with E-state index in [1.165, 1.54) is 0 Å². The zero-order valence-electron chi connectivity index (χ0n) is 13.3. The van der Waals surface area contributed by atoms with Gasteiger partial charge in [0.1, 0.15) is 5.75 Å². The van der Waals surface area contributed by atoms with Crippen molar-refractivity contribution in [1.82, 2.24) is 10.2 Å². The summed E-state index contributed by atoms with van der Waals surface area (Å²) in [5, 5.41) is 3.39. The molecule has 4 heteroatoms. The maximum absolute atomic E-state index is 12.3. The van der Waals surface area contributed by atoms with Gasteiger partial charge in [0.15, 0.2) is 0 Å². The Hall–Kier alpha value is -1.55. The first-order valence-electron chi connectivity index (χ1n) is 7.81. The second kappa shape index (κ2) is 7.46. The molecule has 0 aliphatic carbocycles. The van der Waals surface area contributed by atoms with Crippen LogP contribution < -0.4 is 10.1 Å². The summed E-state index contributed by atoms with van der Waals surface area (Å²) in [5.41, 5.74) is 1.13. The van der Waals surface area contributed by atoms with Crippen LogP contribution in [0.1, 0.15) is 32.3 Å². The molecule has 0 saturated carbocycles. The Morgan fingerprint density at radius 3 is 2.90 bits per heavy atom. The summed E-state index contributed by atoms with van der Waals surface area (Å²) in [5.74, 6) is 1.15. The fourth-order valence-electron chi connectivity index (χ4n) is 2.68. The average molecular weight is 290 g/mol. The van der Waals surface area contributed by atoms with Crippen molar-refractivity contribution >= 4 is 5.91 Å². The van der Waals surface area contributed by atoms with E-state index in [1.54, 1.807) is 0 Å². The van der Waals surface area contributed by atoms with Crippen molar-refractivity contribution in [3.63, 3.8) is 0 Å². The molecule has 2 atom stereocenters. The molecule has 1 amide bonds. The highest BCUT2D eigenvalue weighted by Crippen LogP contribution is 2.17. The van der Waals surface area contributed by atoms with Crippen molar-refractivity contribution < 1.29 is 9.53 Å². The molecular formula is C17H26N2O2. The van der Waals surface area contributed by atoms with E-state index < -0.39 is 0 Å². The molecule has 1 aliphatic rings. The van der Waals surface area contributed by atoms with Gasteiger partial charge in [-0.1, -0.05) is 18.2 Å². The number of ether oxygens (including phenoxy) is 1. The van der Waals surface area contributed by atoms with Gasteiger partial charge < -0.3 is 15.0 Å². The smallest absolute Gasteiger partial charge is 0.223 e. The van der Waals surface area contributed by atoms with Crippen LogP contribution in [0.3, 0.4) is 0 Å². The lowest BCUT2D eigenvalue weighted by Crippen LogP contribution is -2.57. The van der Waals surface area contributed by atoms with E-state index in [2.05, 4.69) is 19.2 Å². The van der Waals surface area contributed by atoms with Crippen molar-refractivity contribution in [2.75, 3.05) is 19.7 Å². The number of benzene rings is 1. The quantitative estimate of drug-likeness (QED) is 0.847. The molecule has 21 heavy (non-hydrogen) atoms. The molecule has 0 spiro atoms. The van der Waals surface area contributed by atoms with Crippen LogP contribution in [0.15, 0.2) is 24.3 Å². The molecule has 1 heterocycles. The molecular weight excluding hydrogens is 264 g/mol. The van der Waals surface area contributed by atoms with Gasteiger partial charge in [-0.2, -0.15) is 0 Å². The molecule has 1 saturated heterocycles. The number of nitrogens with one attached hydrogen (secondary N) is 1. The Morgan fingerprint density at radius 1 is 1.38 bits per heavy atom. The minimum Gasteiger partial charge on any atom is -0.493 e. The molecule has 1 N–H and O–H groups in total. The first kappa shape index (κ1) is 15.8. The number of amides is 1. The SMILES string of the molecule is Cc1ccccc1OCCCC(=O)N1CCNC(C)C1C. The number of aryl methyl sites for hydroxylation is 1. The van der Waals surface area contributed by atoms with Crippen LogP contribution in [0.2, 0.25) is 0 Å². The molecule has 1 aliphatic heterocycles. The van der Waals surface area contributed by atoms with Crippen LogP contribution in [-0.4, -0.2) is 42.6 Å². The van der Waals surface area contributed by atoms with Gasteiger partial charge in [0.25, 0.3) is 0 Å². The standard InChI is InChI=1S/C17H26N2O2/c1-13-7-4-5-8-16(13)21-12-6-9-17(20)19-11-10-18-14(2)15(19)3/h4-5,7-8,14-15,18H,6,9-12H2,1-3H3. The lowest BCUT2D eigenvalue weighted by molar-refractivity contribution is -0.135. The zero-order chi connectivity index (χ0) is 15.2. The minimum atomic E-state index is 0.240. The van der Waals surface area contributed by atoms with E-state index in [-0.39, 0.29) is 11.9 Å². The molecule has 1 fully saturated rings. The van der Waals surface area contributed by atoms with Gasteiger partial charge in [0.2, 0.25) is 5.91 Å². The number of hydrogen-bond acceptors (Lipinski definition) is 3. The zero-order valence-corrected chi connectivity index (χ0v) is 13.3. The van der Waals surface area contributed by atoms with Gasteiger partial charge in [-0.05, 0) is 38.8 Å². The maximum Gasteiger partial charge on any atom is 0.223 e. The van der Waals surface area contributed by atoms with Gasteiger partial charge in [-0.15, -0.1) is 0 Å². The van der Waals surface area contributed by atoms with E-state index in [0.717, 1.165) is 30.8 Å². The van der Waals surface area contributed by atoms with Gasteiger partial charge in [-0.3, -0.25) is 4.79 Å². The molecule has 2 unspecified atom stereocenters. The van der Waals surface area contributed by atoms with Gasteiger partial charge in [-0.25, -0.2) is 0 Å². The van der Waals surface area contributed by atoms with Crippen molar-refractivity contribution in [3.05, 3.63) is 29.8 Å². The second-order valence-electron chi connectivity index (χ2n) is 5.79. The molecule has 1 aromatic carbocycles. The number of hydrogen-bond donors (Lipinski definition) is 1. The highest BCUT2D eigenvalue weighted by Gasteiger charge is 2.27. The van der Waals surface area contributed by atoms with Crippen LogP contribution in [0.25, 0.3) is 0 Å². The van der Waals surface area contributed by atoms with Crippen LogP contribution in [0, 0.1) is 6.92 Å². The van der Waals surface area contributed by atoms with E-state index in [0.29, 0.717) is 19.1 Å². The summed E-state index contributed by atoms with van der Waals surface area (Å²) < 4.78 is 5.74. The Balaban J connectivity index is 1.73. The topological polar surface area (TPSA) is 41.6 Å². The predicted molar refractivity (Wildman–Crippen MR) is 84.5 cm³/mol. The number of carbonyl (C=O) groups is 1. The molecule has 0 aromatic heterocycles. The number of carbonyl (C=O) groups excluding carboxylic acids is 1. The lowest BCUT2D eigenvalue weighted by atomic mass is 10.1. The van der Waals surface area contributed by atoms with E-state index in [4.69, 9.17) is 4.74 Å². The summed E-state index contributed by atoms with van der Waals surface area (Å²) >= 11 is 0. The Morgan fingerprint density at radius 2 is 2.14 bits per heavy atom. The average Bonchev–Trinajstić information content (AvgIpc) is 2.48. The third kappa shape index (κ3) is 4.21. The largest absolute Gasteiger partial charge is 0.493 e. The van der Waals surface area contributed by atoms with Crippen LogP contribution in [0.5, 0.6) is 5.75 Å². The van der Waals surface area contributed by atoms with E-state index >= 15 is 0 Å². The van der Waals surface area contributed by atoms with Crippen molar-refractivity contribution in [2.45, 2.75) is 45.7 Å². The molecule has 0 radical (unpaired) electrons. The van der Waals surface area contributed by atoms with Crippen LogP contribution >= 0.6 is 0 Å². The van der Waals surface area contributed by atoms with Crippen molar-refractivity contribution in [2.24, 2.45) is 0 Å². The minimum absolute atomic E-state index is 0.240. The third-order valence-corrected chi connectivity index (χ3v) is 4.24. The van der Waals surface area contributed by atoms with Crippen LogP contribution in [-0.2, 0) is 4.79 Å². The first-order chi connectivity index (χ1) is 10.1. The van der Waals surface area contributed by atoms with Crippen molar-refractivity contribution in [3.8, 4) is 5.75 Å². The summed E-state index contributed by atoms with van der Waals surface area (Å²) in [6, 6.07) is 8.60. The summed E-state index contributed by atoms with van der Waals surface area (Å²) in [6.07, 6.45) is 1.32. The number of piperazine rings is 1. The van der Waals surface area contributed by atoms with E-state index in [1.807, 2.05) is 36.1 Å². The highest BCUT2D eigenvalue weighted by molar-refractivity contribution is 5.76. The summed E-state index contributed by atoms with van der Waals surface area (Å²) in [4.78, 5) is 14.3. The molecule has 0 bridgehead atoms. The fraction of sp³-hybridized carbons (Fsp3) is 0.588. The molecule has 2 rings (SSSR count). The molecule has 4 nitrogen and oxygen atoms in total. The van der Waals surface area contributed by atoms with Gasteiger partial charge in [0, 0.05) is 31.6 Å². The fourth-order valence-corrected chi connectivity index (χ4v) is 2.68. The first-order valence-corrected chi connectivity index (χ1v) is 7.81. The maximum atomic E-state index is 12.3. The number of nitrogens with zero attached hydrogens (tertiary/aromatic N) is 1. The van der Waals surface area contributed by atoms with Crippen molar-refractivity contribution in [1.29, 1.82) is 0 Å². The summed E-state index contributed by atoms with van der Waals surface area (Å²) in [7, 11) is 0. The second-order valence-corrected chi connectivity index (χ2v) is 5.79. The number of rotatable bonds is 5. The Kier molecular flexibility index (Phi) is 5.62. The molecule has 1 aromatic rings. The van der Waals surface area contributed by atoms with Crippen LogP contribution in [0.4, 0.5) is 0 Å². The Bertz CT molecular complexity index is 476. The summed E-state index contributed by atoms with van der Waals surface area (Å²) in [6.45, 7) is 8.56. The van der Waals surface area contributed by atoms with Gasteiger partial charge in [0.05, 0.1) is 6.61 Å². The lowest BCUT2D eigenvalue weighted by Gasteiger charge is -2.38. The highest BCUT2D eigenvalue weighted by atomic mass is 16.5. The van der Waals surface area contributed by atoms with Gasteiger partial charge >= 0.3 is 0 Å². The van der Waals surface area contributed by atoms with E-state index in [9.17, 15) is 4.79 Å². The number of para-hydroxylation sites is 1. The Labute approximate surface area is 127 Å². The molecule has 116 valence electrons. The normalized spacial score (nSPS) is 22.1. The monoisotopic (exact) mass is 290 g/mol. The third-order valence-electron chi connectivity index (χ3n) is 4.24. The predicted octanol–water partition coefficient (Wildman–Crippen LogP) is 2.36.